The minimum atomic E-state index is -0.191. The van der Waals surface area contributed by atoms with Gasteiger partial charge in [0.15, 0.2) is 5.82 Å². The number of methoxy groups -OCH3 is 1. The van der Waals surface area contributed by atoms with Crippen molar-refractivity contribution < 1.29 is 14.3 Å². The molecule has 30 heavy (non-hydrogen) atoms. The molecule has 2 aromatic carbocycles. The van der Waals surface area contributed by atoms with Crippen molar-refractivity contribution in [3.8, 4) is 17.1 Å². The summed E-state index contributed by atoms with van der Waals surface area (Å²) >= 11 is 0. The minimum Gasteiger partial charge on any atom is -0.494 e. The van der Waals surface area contributed by atoms with Crippen molar-refractivity contribution in [2.24, 2.45) is 23.7 Å². The molecule has 6 nitrogen and oxygen atoms in total. The second-order valence-electron chi connectivity index (χ2n) is 8.15. The Morgan fingerprint density at radius 1 is 0.967 bits per heavy atom. The highest BCUT2D eigenvalue weighted by molar-refractivity contribution is 6.22. The number of para-hydroxylation sites is 1. The number of amides is 2. The molecule has 2 aliphatic carbocycles. The molecule has 6 rings (SSSR count). The average molecular weight is 397 g/mol. The first kappa shape index (κ1) is 17.3. The van der Waals surface area contributed by atoms with Crippen LogP contribution >= 0.6 is 0 Å². The average Bonchev–Trinajstić information content (AvgIpc) is 3.47. The van der Waals surface area contributed by atoms with Crippen LogP contribution in [0, 0.1) is 23.7 Å². The van der Waals surface area contributed by atoms with E-state index in [1.54, 1.807) is 25.4 Å². The van der Waals surface area contributed by atoms with Crippen LogP contribution in [0.2, 0.25) is 0 Å². The molecule has 2 amide bonds. The van der Waals surface area contributed by atoms with Crippen molar-refractivity contribution in [1.29, 1.82) is 0 Å². The molecule has 2 bridgehead atoms. The SMILES string of the molecule is COc1cccc2cnc(-c3ccc(N4C(=O)[C@@H]5[C@H](C4=O)[C@@H]4C=C[C@H]5C4)cc3)nc12. The number of hydrogen-bond donors (Lipinski definition) is 0. The van der Waals surface area contributed by atoms with E-state index >= 15 is 0 Å². The van der Waals surface area contributed by atoms with Gasteiger partial charge in [-0.15, -0.1) is 0 Å². The fourth-order valence-electron chi connectivity index (χ4n) is 5.25. The lowest BCUT2D eigenvalue weighted by Crippen LogP contribution is -2.32. The Balaban J connectivity index is 1.33. The van der Waals surface area contributed by atoms with Gasteiger partial charge < -0.3 is 4.74 Å². The molecule has 3 aromatic rings. The lowest BCUT2D eigenvalue weighted by molar-refractivity contribution is -0.123. The number of benzene rings is 2. The summed E-state index contributed by atoms with van der Waals surface area (Å²) in [4.78, 5) is 36.5. The second-order valence-corrected chi connectivity index (χ2v) is 8.15. The number of carbonyl (C=O) groups is 2. The molecule has 1 saturated heterocycles. The van der Waals surface area contributed by atoms with Crippen LogP contribution in [0.15, 0.2) is 60.8 Å². The van der Waals surface area contributed by atoms with Gasteiger partial charge in [-0.2, -0.15) is 0 Å². The first-order valence-electron chi connectivity index (χ1n) is 10.1. The number of aromatic nitrogens is 2. The standard InChI is InChI=1S/C24H19N3O3/c1-30-18-4-2-3-16-12-25-22(26-21(16)18)13-7-9-17(10-8-13)27-23(28)19-14-5-6-15(11-14)20(19)24(27)29/h2-10,12,14-15,19-20H,11H2,1H3/t14-,15+,19-,20+. The number of ether oxygens (including phenoxy) is 1. The van der Waals surface area contributed by atoms with Crippen LogP contribution in [0.4, 0.5) is 5.69 Å². The molecule has 1 aliphatic heterocycles. The van der Waals surface area contributed by atoms with E-state index in [-0.39, 0.29) is 35.5 Å². The van der Waals surface area contributed by atoms with Crippen molar-refractivity contribution >= 4 is 28.4 Å². The fourth-order valence-corrected chi connectivity index (χ4v) is 5.25. The molecule has 1 saturated carbocycles. The second kappa shape index (κ2) is 6.23. The Labute approximate surface area is 173 Å². The molecule has 0 unspecified atom stereocenters. The summed E-state index contributed by atoms with van der Waals surface area (Å²) in [5.74, 6) is 1.16. The fraction of sp³-hybridized carbons (Fsp3) is 0.250. The zero-order valence-corrected chi connectivity index (χ0v) is 16.4. The van der Waals surface area contributed by atoms with Gasteiger partial charge in [0, 0.05) is 17.1 Å². The van der Waals surface area contributed by atoms with E-state index in [0.717, 1.165) is 22.9 Å². The number of fused-ring (bicyclic) bond motifs is 6. The Hall–Kier alpha value is -3.54. The lowest BCUT2D eigenvalue weighted by atomic mass is 9.85. The maximum absolute atomic E-state index is 13.0. The Kier molecular flexibility index (Phi) is 3.60. The molecule has 1 aromatic heterocycles. The van der Waals surface area contributed by atoms with E-state index in [9.17, 15) is 9.59 Å². The number of carbonyl (C=O) groups excluding carboxylic acids is 2. The third-order valence-corrected chi connectivity index (χ3v) is 6.65. The molecular weight excluding hydrogens is 378 g/mol. The molecule has 3 aliphatic rings. The van der Waals surface area contributed by atoms with Crippen LogP contribution < -0.4 is 9.64 Å². The predicted octanol–water partition coefficient (Wildman–Crippen LogP) is 3.62. The van der Waals surface area contributed by atoms with Crippen LogP contribution in [-0.4, -0.2) is 28.9 Å². The third kappa shape index (κ3) is 2.30. The first-order chi connectivity index (χ1) is 14.7. The van der Waals surface area contributed by atoms with Gasteiger partial charge in [0.1, 0.15) is 11.3 Å². The molecular formula is C24H19N3O3. The smallest absolute Gasteiger partial charge is 0.238 e. The molecule has 0 radical (unpaired) electrons. The summed E-state index contributed by atoms with van der Waals surface area (Å²) in [6.07, 6.45) is 6.91. The van der Waals surface area contributed by atoms with Crippen molar-refractivity contribution in [1.82, 2.24) is 9.97 Å². The Morgan fingerprint density at radius 2 is 1.67 bits per heavy atom. The molecule has 148 valence electrons. The number of rotatable bonds is 3. The van der Waals surface area contributed by atoms with Gasteiger partial charge >= 0.3 is 0 Å². The zero-order valence-electron chi connectivity index (χ0n) is 16.4. The molecule has 2 heterocycles. The van der Waals surface area contributed by atoms with E-state index in [4.69, 9.17) is 4.74 Å². The normalized spacial score (nSPS) is 26.6. The van der Waals surface area contributed by atoms with Gasteiger partial charge in [0.2, 0.25) is 11.8 Å². The van der Waals surface area contributed by atoms with Crippen molar-refractivity contribution in [2.45, 2.75) is 6.42 Å². The van der Waals surface area contributed by atoms with Gasteiger partial charge in [-0.3, -0.25) is 14.5 Å². The van der Waals surface area contributed by atoms with Gasteiger partial charge in [-0.1, -0.05) is 24.3 Å². The topological polar surface area (TPSA) is 72.4 Å². The number of allylic oxidation sites excluding steroid dienone is 2. The third-order valence-electron chi connectivity index (χ3n) is 6.65. The molecule has 0 spiro atoms. The highest BCUT2D eigenvalue weighted by Crippen LogP contribution is 2.53. The Bertz CT molecular complexity index is 1200. The molecule has 4 atom stereocenters. The Morgan fingerprint density at radius 3 is 2.33 bits per heavy atom. The molecule has 2 fully saturated rings. The van der Waals surface area contributed by atoms with Crippen LogP contribution in [0.5, 0.6) is 5.75 Å². The number of nitrogens with zero attached hydrogens (tertiary/aromatic N) is 3. The summed E-state index contributed by atoms with van der Waals surface area (Å²) in [7, 11) is 1.62. The maximum atomic E-state index is 13.0. The highest BCUT2D eigenvalue weighted by Gasteiger charge is 2.59. The quantitative estimate of drug-likeness (QED) is 0.499. The van der Waals surface area contributed by atoms with Gasteiger partial charge in [0.25, 0.3) is 0 Å². The number of hydrogen-bond acceptors (Lipinski definition) is 5. The highest BCUT2D eigenvalue weighted by atomic mass is 16.5. The zero-order chi connectivity index (χ0) is 20.4. The number of imide groups is 1. The van der Waals surface area contributed by atoms with Gasteiger partial charge in [0.05, 0.1) is 24.6 Å². The van der Waals surface area contributed by atoms with Crippen molar-refractivity contribution in [3.63, 3.8) is 0 Å². The first-order valence-corrected chi connectivity index (χ1v) is 10.1. The molecule has 0 N–H and O–H groups in total. The summed E-state index contributed by atoms with van der Waals surface area (Å²) in [5, 5.41) is 0.901. The largest absolute Gasteiger partial charge is 0.494 e. The number of anilines is 1. The van der Waals surface area contributed by atoms with Gasteiger partial charge in [-0.05, 0) is 48.6 Å². The van der Waals surface area contributed by atoms with Crippen molar-refractivity contribution in [3.05, 3.63) is 60.8 Å². The van der Waals surface area contributed by atoms with E-state index in [1.807, 2.05) is 30.3 Å². The summed E-state index contributed by atoms with van der Waals surface area (Å²) in [6.45, 7) is 0. The monoisotopic (exact) mass is 397 g/mol. The van der Waals surface area contributed by atoms with E-state index in [1.165, 1.54) is 4.90 Å². The van der Waals surface area contributed by atoms with Crippen LogP contribution in [0.3, 0.4) is 0 Å². The van der Waals surface area contributed by atoms with E-state index < -0.39 is 0 Å². The van der Waals surface area contributed by atoms with Crippen LogP contribution in [-0.2, 0) is 9.59 Å². The van der Waals surface area contributed by atoms with E-state index in [2.05, 4.69) is 22.1 Å². The van der Waals surface area contributed by atoms with Gasteiger partial charge in [-0.25, -0.2) is 9.97 Å². The summed E-state index contributed by atoms with van der Waals surface area (Å²) in [6, 6.07) is 13.0. The minimum absolute atomic E-state index is 0.0682. The van der Waals surface area contributed by atoms with Crippen LogP contribution in [0.25, 0.3) is 22.3 Å². The maximum Gasteiger partial charge on any atom is 0.238 e. The van der Waals surface area contributed by atoms with Crippen LogP contribution in [0.1, 0.15) is 6.42 Å². The summed E-state index contributed by atoms with van der Waals surface area (Å²) in [5.41, 5.74) is 2.17. The van der Waals surface area contributed by atoms with Crippen molar-refractivity contribution in [2.75, 3.05) is 12.0 Å². The molecule has 6 heteroatoms. The predicted molar refractivity (Wildman–Crippen MR) is 112 cm³/mol. The van der Waals surface area contributed by atoms with E-state index in [0.29, 0.717) is 17.3 Å². The summed E-state index contributed by atoms with van der Waals surface area (Å²) < 4.78 is 5.41. The lowest BCUT2D eigenvalue weighted by Gasteiger charge is -2.17.